The van der Waals surface area contributed by atoms with Gasteiger partial charge in [-0.3, -0.25) is 4.57 Å². The standard InChI is InChI=1S/C49H31N5/c1-4-14-32(15-5-1)33-24-27-37(28-25-33)53-41-29-26-34-16-10-11-21-38(34)44(41)46-43(53)31-30-42-45(46)39-22-12-13-23-40(39)54(42)49-51-47(35-17-6-2-7-18-35)50-48(52-49)36-19-8-3-9-20-36/h1-31H. The minimum atomic E-state index is 0.582. The summed E-state index contributed by atoms with van der Waals surface area (Å²) in [6.07, 6.45) is 0. The third-order valence-corrected chi connectivity index (χ3v) is 10.6. The van der Waals surface area contributed by atoms with Crippen molar-refractivity contribution in [1.29, 1.82) is 0 Å². The Labute approximate surface area is 311 Å². The molecule has 3 heterocycles. The topological polar surface area (TPSA) is 48.5 Å². The normalized spacial score (nSPS) is 11.7. The molecule has 0 saturated heterocycles. The summed E-state index contributed by atoms with van der Waals surface area (Å²) >= 11 is 0. The zero-order valence-corrected chi connectivity index (χ0v) is 29.1. The van der Waals surface area contributed by atoms with Crippen molar-refractivity contribution in [3.05, 3.63) is 188 Å². The van der Waals surface area contributed by atoms with E-state index >= 15 is 0 Å². The molecule has 0 aliphatic carbocycles. The summed E-state index contributed by atoms with van der Waals surface area (Å²) in [5.74, 6) is 1.85. The van der Waals surface area contributed by atoms with Crippen molar-refractivity contribution in [2.45, 2.75) is 0 Å². The first-order valence-electron chi connectivity index (χ1n) is 18.2. The van der Waals surface area contributed by atoms with Crippen molar-refractivity contribution >= 4 is 54.4 Å². The quantitative estimate of drug-likeness (QED) is 0.181. The first-order valence-corrected chi connectivity index (χ1v) is 18.2. The molecule has 0 amide bonds. The summed E-state index contributed by atoms with van der Waals surface area (Å²) in [5.41, 5.74) is 9.79. The van der Waals surface area contributed by atoms with E-state index in [1.54, 1.807) is 0 Å². The molecule has 252 valence electrons. The first-order chi connectivity index (χ1) is 26.8. The molecule has 3 aromatic heterocycles. The molecule has 0 aliphatic heterocycles. The highest BCUT2D eigenvalue weighted by atomic mass is 15.2. The van der Waals surface area contributed by atoms with E-state index in [-0.39, 0.29) is 0 Å². The second kappa shape index (κ2) is 12.1. The Balaban J connectivity index is 1.24. The van der Waals surface area contributed by atoms with Crippen LogP contribution in [0, 0.1) is 0 Å². The fourth-order valence-corrected chi connectivity index (χ4v) is 8.15. The van der Waals surface area contributed by atoms with E-state index in [4.69, 9.17) is 15.0 Å². The molecular formula is C49H31N5. The maximum atomic E-state index is 5.19. The smallest absolute Gasteiger partial charge is 0.238 e. The fourth-order valence-electron chi connectivity index (χ4n) is 8.15. The van der Waals surface area contributed by atoms with Gasteiger partial charge in [-0.25, -0.2) is 4.98 Å². The van der Waals surface area contributed by atoms with Crippen LogP contribution in [0.25, 0.3) is 99.9 Å². The van der Waals surface area contributed by atoms with Gasteiger partial charge >= 0.3 is 0 Å². The average Bonchev–Trinajstić information content (AvgIpc) is 3.78. The molecule has 11 rings (SSSR count). The number of para-hydroxylation sites is 1. The van der Waals surface area contributed by atoms with Gasteiger partial charge in [0.1, 0.15) is 0 Å². The number of benzene rings is 8. The molecule has 8 aromatic carbocycles. The Morgan fingerprint density at radius 1 is 0.296 bits per heavy atom. The largest absolute Gasteiger partial charge is 0.309 e. The lowest BCUT2D eigenvalue weighted by Gasteiger charge is -2.11. The molecule has 0 atom stereocenters. The second-order valence-electron chi connectivity index (χ2n) is 13.7. The van der Waals surface area contributed by atoms with Crippen LogP contribution in [-0.2, 0) is 0 Å². The number of rotatable bonds is 5. The molecule has 0 N–H and O–H groups in total. The maximum Gasteiger partial charge on any atom is 0.238 e. The molecule has 0 saturated carbocycles. The van der Waals surface area contributed by atoms with Gasteiger partial charge in [0.05, 0.1) is 22.1 Å². The van der Waals surface area contributed by atoms with Crippen LogP contribution in [0.15, 0.2) is 188 Å². The lowest BCUT2D eigenvalue weighted by molar-refractivity contribution is 0.953. The van der Waals surface area contributed by atoms with Crippen molar-refractivity contribution in [3.8, 4) is 45.5 Å². The average molecular weight is 690 g/mol. The van der Waals surface area contributed by atoms with E-state index < -0.39 is 0 Å². The zero-order chi connectivity index (χ0) is 35.6. The molecule has 5 nitrogen and oxygen atoms in total. The summed E-state index contributed by atoms with van der Waals surface area (Å²) in [6.45, 7) is 0. The van der Waals surface area contributed by atoms with Crippen LogP contribution in [0.3, 0.4) is 0 Å². The summed E-state index contributed by atoms with van der Waals surface area (Å²) in [6, 6.07) is 66.2. The Kier molecular flexibility index (Phi) is 6.79. The van der Waals surface area contributed by atoms with Crippen molar-refractivity contribution < 1.29 is 0 Å². The van der Waals surface area contributed by atoms with E-state index in [9.17, 15) is 0 Å². The minimum absolute atomic E-state index is 0.582. The van der Waals surface area contributed by atoms with E-state index in [1.807, 2.05) is 36.4 Å². The lowest BCUT2D eigenvalue weighted by atomic mass is 10.0. The zero-order valence-electron chi connectivity index (χ0n) is 29.1. The molecule has 0 fully saturated rings. The van der Waals surface area contributed by atoms with Crippen LogP contribution in [0.1, 0.15) is 0 Å². The summed E-state index contributed by atoms with van der Waals surface area (Å²) < 4.78 is 4.63. The summed E-state index contributed by atoms with van der Waals surface area (Å²) in [5, 5.41) is 7.19. The molecule has 0 radical (unpaired) electrons. The summed E-state index contributed by atoms with van der Waals surface area (Å²) in [4.78, 5) is 15.4. The minimum Gasteiger partial charge on any atom is -0.309 e. The maximum absolute atomic E-state index is 5.19. The third-order valence-electron chi connectivity index (χ3n) is 10.6. The van der Waals surface area contributed by atoms with Crippen molar-refractivity contribution in [2.75, 3.05) is 0 Å². The summed E-state index contributed by atoms with van der Waals surface area (Å²) in [7, 11) is 0. The van der Waals surface area contributed by atoms with Crippen LogP contribution in [0.5, 0.6) is 0 Å². The van der Waals surface area contributed by atoms with Gasteiger partial charge in [-0.1, -0.05) is 152 Å². The Morgan fingerprint density at radius 2 is 0.778 bits per heavy atom. The number of fused-ring (bicyclic) bond motifs is 9. The van der Waals surface area contributed by atoms with Crippen LogP contribution >= 0.6 is 0 Å². The van der Waals surface area contributed by atoms with Gasteiger partial charge in [-0.05, 0) is 58.3 Å². The fraction of sp³-hybridized carbons (Fsp3) is 0. The van der Waals surface area contributed by atoms with Gasteiger partial charge in [0.25, 0.3) is 0 Å². The van der Waals surface area contributed by atoms with Crippen LogP contribution in [0.4, 0.5) is 0 Å². The van der Waals surface area contributed by atoms with E-state index in [0.29, 0.717) is 17.6 Å². The highest BCUT2D eigenvalue weighted by molar-refractivity contribution is 6.33. The van der Waals surface area contributed by atoms with Crippen LogP contribution < -0.4 is 0 Å². The second-order valence-corrected chi connectivity index (χ2v) is 13.7. The van der Waals surface area contributed by atoms with Gasteiger partial charge in [-0.15, -0.1) is 0 Å². The third kappa shape index (κ3) is 4.69. The molecule has 5 heteroatoms. The molecular weight excluding hydrogens is 659 g/mol. The van der Waals surface area contributed by atoms with Gasteiger partial charge in [-0.2, -0.15) is 9.97 Å². The molecule has 0 spiro atoms. The van der Waals surface area contributed by atoms with E-state index in [0.717, 1.165) is 38.8 Å². The van der Waals surface area contributed by atoms with Crippen molar-refractivity contribution in [2.24, 2.45) is 0 Å². The Bertz CT molecular complexity index is 3120. The number of aromatic nitrogens is 5. The highest BCUT2D eigenvalue weighted by Crippen LogP contribution is 2.44. The van der Waals surface area contributed by atoms with Crippen LogP contribution in [0.2, 0.25) is 0 Å². The Hall–Kier alpha value is -7.37. The van der Waals surface area contributed by atoms with Gasteiger partial charge in [0.15, 0.2) is 11.6 Å². The van der Waals surface area contributed by atoms with E-state index in [2.05, 4.69) is 161 Å². The highest BCUT2D eigenvalue weighted by Gasteiger charge is 2.23. The van der Waals surface area contributed by atoms with Gasteiger partial charge < -0.3 is 4.57 Å². The first kappa shape index (κ1) is 30.3. The lowest BCUT2D eigenvalue weighted by Crippen LogP contribution is -2.06. The van der Waals surface area contributed by atoms with E-state index in [1.165, 1.54) is 43.6 Å². The predicted molar refractivity (Wildman–Crippen MR) is 222 cm³/mol. The predicted octanol–water partition coefficient (Wildman–Crippen LogP) is 12.2. The van der Waals surface area contributed by atoms with Gasteiger partial charge in [0, 0.05) is 38.4 Å². The molecule has 0 aliphatic rings. The number of nitrogens with zero attached hydrogens (tertiary/aromatic N) is 5. The molecule has 11 aromatic rings. The molecule has 0 unspecified atom stereocenters. The Morgan fingerprint density at radius 3 is 1.44 bits per heavy atom. The van der Waals surface area contributed by atoms with Crippen molar-refractivity contribution in [1.82, 2.24) is 24.1 Å². The SMILES string of the molecule is c1ccc(-c2ccc(-n3c4ccc5ccccc5c4c4c5c6ccccc6n(-c6nc(-c7ccccc7)nc(-c7ccccc7)n6)c5ccc43)cc2)cc1. The number of hydrogen-bond acceptors (Lipinski definition) is 3. The van der Waals surface area contributed by atoms with Crippen molar-refractivity contribution in [3.63, 3.8) is 0 Å². The molecule has 54 heavy (non-hydrogen) atoms. The van der Waals surface area contributed by atoms with Gasteiger partial charge in [0.2, 0.25) is 5.95 Å². The number of hydrogen-bond donors (Lipinski definition) is 0. The monoisotopic (exact) mass is 689 g/mol. The molecule has 0 bridgehead atoms. The van der Waals surface area contributed by atoms with Crippen LogP contribution in [-0.4, -0.2) is 24.1 Å².